The van der Waals surface area contributed by atoms with E-state index in [0.29, 0.717) is 18.5 Å². The quantitative estimate of drug-likeness (QED) is 0.544. The number of hydrogen-bond acceptors (Lipinski definition) is 5. The van der Waals surface area contributed by atoms with E-state index in [-0.39, 0.29) is 29.9 Å². The molecule has 0 saturated carbocycles. The van der Waals surface area contributed by atoms with Gasteiger partial charge < -0.3 is 16.6 Å². The van der Waals surface area contributed by atoms with Gasteiger partial charge in [0, 0.05) is 12.1 Å². The van der Waals surface area contributed by atoms with Crippen molar-refractivity contribution in [2.75, 3.05) is 6.54 Å². The Bertz CT molecular complexity index is 373. The Kier molecular flexibility index (Phi) is 5.73. The molecule has 1 atom stereocenters. The molecule has 1 aromatic rings. The minimum Gasteiger partial charge on any atom is -0.502 e. The van der Waals surface area contributed by atoms with Gasteiger partial charge in [-0.2, -0.15) is 0 Å². The van der Waals surface area contributed by atoms with Crippen molar-refractivity contribution in [3.8, 4) is 5.75 Å². The molecule has 1 rings (SSSR count). The van der Waals surface area contributed by atoms with Gasteiger partial charge in [-0.3, -0.25) is 10.1 Å². The van der Waals surface area contributed by atoms with Gasteiger partial charge in [0.15, 0.2) is 5.75 Å². The van der Waals surface area contributed by atoms with Gasteiger partial charge >= 0.3 is 5.69 Å². The van der Waals surface area contributed by atoms with Crippen LogP contribution in [0, 0.1) is 10.1 Å². The average molecular weight is 248 g/mol. The molecule has 0 aliphatic rings. The summed E-state index contributed by atoms with van der Waals surface area (Å²) in [6, 6.07) is 3.76. The van der Waals surface area contributed by atoms with Crippen molar-refractivity contribution < 1.29 is 10.0 Å². The molecule has 0 aliphatic carbocycles. The second-order valence-corrected chi connectivity index (χ2v) is 3.19. The molecular formula is C9H14ClN3O3. The van der Waals surface area contributed by atoms with Crippen LogP contribution in [0.2, 0.25) is 0 Å². The maximum atomic E-state index is 10.5. The van der Waals surface area contributed by atoms with Crippen LogP contribution in [0.25, 0.3) is 0 Å². The van der Waals surface area contributed by atoms with Gasteiger partial charge in [0.1, 0.15) is 0 Å². The summed E-state index contributed by atoms with van der Waals surface area (Å²) in [5.74, 6) is -0.358. The van der Waals surface area contributed by atoms with E-state index < -0.39 is 4.92 Å². The normalized spacial score (nSPS) is 11.6. The van der Waals surface area contributed by atoms with Crippen molar-refractivity contribution >= 4 is 18.1 Å². The van der Waals surface area contributed by atoms with Gasteiger partial charge in [0.25, 0.3) is 0 Å². The first kappa shape index (κ1) is 14.6. The molecule has 0 aromatic heterocycles. The van der Waals surface area contributed by atoms with Gasteiger partial charge in [0.05, 0.1) is 4.92 Å². The first-order valence-electron chi connectivity index (χ1n) is 4.49. The van der Waals surface area contributed by atoms with Crippen molar-refractivity contribution in [1.82, 2.24) is 0 Å². The van der Waals surface area contributed by atoms with Crippen LogP contribution in [-0.4, -0.2) is 16.6 Å². The first-order valence-corrected chi connectivity index (χ1v) is 4.49. The Hall–Kier alpha value is -1.37. The molecule has 1 aromatic carbocycles. The van der Waals surface area contributed by atoms with E-state index in [2.05, 4.69) is 0 Å². The molecular weight excluding hydrogens is 234 g/mol. The molecule has 0 heterocycles. The van der Waals surface area contributed by atoms with E-state index in [1.165, 1.54) is 12.1 Å². The summed E-state index contributed by atoms with van der Waals surface area (Å²) in [6.45, 7) is 0.413. The summed E-state index contributed by atoms with van der Waals surface area (Å²) < 4.78 is 0. The summed E-state index contributed by atoms with van der Waals surface area (Å²) >= 11 is 0. The number of rotatable bonds is 4. The highest BCUT2D eigenvalue weighted by Crippen LogP contribution is 2.28. The monoisotopic (exact) mass is 247 g/mol. The molecule has 0 bridgehead atoms. The molecule has 16 heavy (non-hydrogen) atoms. The van der Waals surface area contributed by atoms with E-state index in [4.69, 9.17) is 11.5 Å². The third-order valence-corrected chi connectivity index (χ3v) is 2.10. The average Bonchev–Trinajstić information content (AvgIpc) is 2.18. The fourth-order valence-corrected chi connectivity index (χ4v) is 1.26. The third kappa shape index (κ3) is 3.34. The number of nitro groups is 1. The number of aromatic hydroxyl groups is 1. The number of phenolic OH excluding ortho intramolecular Hbond substituents is 1. The second kappa shape index (κ2) is 6.26. The van der Waals surface area contributed by atoms with Crippen LogP contribution in [0.1, 0.15) is 18.0 Å². The van der Waals surface area contributed by atoms with Crippen molar-refractivity contribution in [3.05, 3.63) is 33.9 Å². The standard InChI is InChI=1S/C9H13N3O3.ClH/c10-4-3-7(11)6-1-2-9(13)8(5-6)12(14)15;/h1-2,5,7,13H,3-4,10-11H2;1H/t7-;/m1./s1. The Morgan fingerprint density at radius 1 is 1.50 bits per heavy atom. The predicted octanol–water partition coefficient (Wildman–Crippen LogP) is 1.07. The first-order chi connectivity index (χ1) is 7.06. The van der Waals surface area contributed by atoms with Gasteiger partial charge in [-0.05, 0) is 24.6 Å². The minimum atomic E-state index is -0.645. The maximum absolute atomic E-state index is 10.5. The van der Waals surface area contributed by atoms with Crippen LogP contribution in [-0.2, 0) is 0 Å². The molecule has 0 fully saturated rings. The summed E-state index contributed by atoms with van der Waals surface area (Å²) in [7, 11) is 0. The van der Waals surface area contributed by atoms with E-state index >= 15 is 0 Å². The molecule has 0 spiro atoms. The number of nitrogens with two attached hydrogens (primary N) is 2. The van der Waals surface area contributed by atoms with Crippen molar-refractivity contribution in [1.29, 1.82) is 0 Å². The highest BCUT2D eigenvalue weighted by atomic mass is 35.5. The van der Waals surface area contributed by atoms with Crippen molar-refractivity contribution in [3.63, 3.8) is 0 Å². The number of phenols is 1. The third-order valence-electron chi connectivity index (χ3n) is 2.10. The number of benzene rings is 1. The molecule has 7 heteroatoms. The lowest BCUT2D eigenvalue weighted by atomic mass is 10.0. The topological polar surface area (TPSA) is 115 Å². The van der Waals surface area contributed by atoms with Crippen LogP contribution in [0.15, 0.2) is 18.2 Å². The van der Waals surface area contributed by atoms with E-state index in [9.17, 15) is 15.2 Å². The molecule has 0 saturated heterocycles. The maximum Gasteiger partial charge on any atom is 0.311 e. The number of hydrogen-bond donors (Lipinski definition) is 3. The Morgan fingerprint density at radius 3 is 2.62 bits per heavy atom. The summed E-state index contributed by atoms with van der Waals surface area (Å²) in [6.07, 6.45) is 0.544. The lowest BCUT2D eigenvalue weighted by Crippen LogP contribution is -2.15. The number of nitro benzene ring substituents is 1. The van der Waals surface area contributed by atoms with Crippen molar-refractivity contribution in [2.45, 2.75) is 12.5 Å². The van der Waals surface area contributed by atoms with Gasteiger partial charge in [-0.1, -0.05) is 6.07 Å². The zero-order valence-corrected chi connectivity index (χ0v) is 9.31. The smallest absolute Gasteiger partial charge is 0.311 e. The lowest BCUT2D eigenvalue weighted by molar-refractivity contribution is -0.385. The molecule has 0 aliphatic heterocycles. The largest absolute Gasteiger partial charge is 0.502 e. The molecule has 0 unspecified atom stereocenters. The Balaban J connectivity index is 0.00000225. The Labute approximate surface area is 98.8 Å². The summed E-state index contributed by atoms with van der Waals surface area (Å²) in [5.41, 5.74) is 11.3. The molecule has 0 radical (unpaired) electrons. The number of nitrogens with zero attached hydrogens (tertiary/aromatic N) is 1. The zero-order valence-electron chi connectivity index (χ0n) is 8.50. The fraction of sp³-hybridized carbons (Fsp3) is 0.333. The zero-order chi connectivity index (χ0) is 11.4. The van der Waals surface area contributed by atoms with E-state index in [0.717, 1.165) is 0 Å². The second-order valence-electron chi connectivity index (χ2n) is 3.19. The minimum absolute atomic E-state index is 0. The Morgan fingerprint density at radius 2 is 2.12 bits per heavy atom. The molecule has 90 valence electrons. The van der Waals surface area contributed by atoms with E-state index in [1.54, 1.807) is 6.07 Å². The molecule has 6 nitrogen and oxygen atoms in total. The predicted molar refractivity (Wildman–Crippen MR) is 62.6 cm³/mol. The van der Waals surface area contributed by atoms with Gasteiger partial charge in [0.2, 0.25) is 0 Å². The molecule has 0 amide bonds. The van der Waals surface area contributed by atoms with Crippen LogP contribution < -0.4 is 11.5 Å². The van der Waals surface area contributed by atoms with Crippen LogP contribution in [0.5, 0.6) is 5.75 Å². The molecule has 5 N–H and O–H groups in total. The van der Waals surface area contributed by atoms with Crippen LogP contribution in [0.4, 0.5) is 5.69 Å². The highest BCUT2D eigenvalue weighted by molar-refractivity contribution is 5.85. The fourth-order valence-electron chi connectivity index (χ4n) is 1.26. The van der Waals surface area contributed by atoms with Gasteiger partial charge in [-0.15, -0.1) is 12.4 Å². The summed E-state index contributed by atoms with van der Waals surface area (Å²) in [5, 5.41) is 19.7. The SMILES string of the molecule is Cl.NCC[C@@H](N)c1ccc(O)c([N+](=O)[O-])c1. The highest BCUT2D eigenvalue weighted by Gasteiger charge is 2.16. The van der Waals surface area contributed by atoms with Crippen LogP contribution >= 0.6 is 12.4 Å². The van der Waals surface area contributed by atoms with Gasteiger partial charge in [-0.25, -0.2) is 0 Å². The van der Waals surface area contributed by atoms with E-state index in [1.807, 2.05) is 0 Å². The number of halogens is 1. The summed E-state index contributed by atoms with van der Waals surface area (Å²) in [4.78, 5) is 9.89. The van der Waals surface area contributed by atoms with Crippen LogP contribution in [0.3, 0.4) is 0 Å². The van der Waals surface area contributed by atoms with Crippen molar-refractivity contribution in [2.24, 2.45) is 11.5 Å². The lowest BCUT2D eigenvalue weighted by Gasteiger charge is -2.10.